The number of sulfone groups is 1. The van der Waals surface area contributed by atoms with Crippen LogP contribution in [0, 0.1) is 6.92 Å². The van der Waals surface area contributed by atoms with Crippen molar-refractivity contribution in [2.75, 3.05) is 13.7 Å². The lowest BCUT2D eigenvalue weighted by atomic mass is 10.0. The van der Waals surface area contributed by atoms with Crippen LogP contribution in [0.1, 0.15) is 43.4 Å². The summed E-state index contributed by atoms with van der Waals surface area (Å²) >= 11 is 0. The summed E-state index contributed by atoms with van der Waals surface area (Å²) in [6, 6.07) is 18.5. The molecule has 2 aromatic heterocycles. The number of hydrogen-bond donors (Lipinski definition) is 1. The van der Waals surface area contributed by atoms with Crippen LogP contribution in [-0.2, 0) is 21.2 Å². The maximum absolute atomic E-state index is 13.7. The highest BCUT2D eigenvalue weighted by molar-refractivity contribution is 7.91. The Bertz CT molecular complexity index is 1620. The highest BCUT2D eigenvalue weighted by Gasteiger charge is 2.32. The van der Waals surface area contributed by atoms with E-state index in [0.29, 0.717) is 24.6 Å². The molecule has 204 valence electrons. The van der Waals surface area contributed by atoms with Crippen molar-refractivity contribution in [3.8, 4) is 22.9 Å². The van der Waals surface area contributed by atoms with Crippen molar-refractivity contribution in [3.05, 3.63) is 94.2 Å². The molecule has 0 bridgehead atoms. The van der Waals surface area contributed by atoms with Crippen LogP contribution in [0.4, 0.5) is 0 Å². The number of nitrogens with zero attached hydrogens (tertiary/aromatic N) is 3. The molecular formula is C29H31N3O6S. The van der Waals surface area contributed by atoms with Gasteiger partial charge in [0.1, 0.15) is 12.4 Å². The van der Waals surface area contributed by atoms with Crippen molar-refractivity contribution >= 4 is 9.84 Å². The molecule has 2 heterocycles. The van der Waals surface area contributed by atoms with Gasteiger partial charge in [-0.25, -0.2) is 13.4 Å². The minimum atomic E-state index is -4.43. The van der Waals surface area contributed by atoms with E-state index in [1.54, 1.807) is 25.1 Å². The van der Waals surface area contributed by atoms with E-state index in [-0.39, 0.29) is 17.3 Å². The molecule has 9 nitrogen and oxygen atoms in total. The molecule has 0 unspecified atom stereocenters. The SMILES string of the molecule is CCOCc1nc(=O)c(S(=O)(=O)c2ccc(-c3ccc(OC)nc3C)cc2)c(O)n1[C@@H](CC)c1ccccc1. The van der Waals surface area contributed by atoms with Crippen molar-refractivity contribution in [2.24, 2.45) is 0 Å². The average molecular weight is 550 g/mol. The highest BCUT2D eigenvalue weighted by Crippen LogP contribution is 2.34. The maximum atomic E-state index is 13.7. The lowest BCUT2D eigenvalue weighted by Crippen LogP contribution is -2.28. The van der Waals surface area contributed by atoms with Gasteiger partial charge in [-0.2, -0.15) is 4.98 Å². The molecule has 0 saturated heterocycles. The molecule has 1 N–H and O–H groups in total. The molecule has 0 amide bonds. The van der Waals surface area contributed by atoms with Crippen molar-refractivity contribution in [2.45, 2.75) is 49.6 Å². The van der Waals surface area contributed by atoms with Crippen LogP contribution < -0.4 is 10.3 Å². The van der Waals surface area contributed by atoms with E-state index in [1.807, 2.05) is 50.2 Å². The zero-order valence-corrected chi connectivity index (χ0v) is 23.1. The molecule has 10 heteroatoms. The van der Waals surface area contributed by atoms with Gasteiger partial charge in [0, 0.05) is 23.9 Å². The smallest absolute Gasteiger partial charge is 0.296 e. The summed E-state index contributed by atoms with van der Waals surface area (Å²) < 4.78 is 39.5. The number of ether oxygens (including phenoxy) is 2. The topological polar surface area (TPSA) is 121 Å². The standard InChI is InChI=1S/C29H31N3O6S/c1-5-24(21-10-8-7-9-11-21)32-25(18-38-6-2)31-28(33)27(29(32)34)39(35,36)22-14-12-20(13-15-22)23-16-17-26(37-4)30-19(23)3/h7-17,24,34H,5-6,18H2,1-4H3/t24-/m0/s1. The predicted octanol–water partition coefficient (Wildman–Crippen LogP) is 4.70. The Hall–Kier alpha value is -4.02. The number of hydrogen-bond acceptors (Lipinski definition) is 8. The first kappa shape index (κ1) is 28.0. The minimum absolute atomic E-state index is 0.0626. The summed E-state index contributed by atoms with van der Waals surface area (Å²) in [5.74, 6) is -0.0464. The number of rotatable bonds is 10. The fourth-order valence-corrected chi connectivity index (χ4v) is 5.88. The van der Waals surface area contributed by atoms with Crippen LogP contribution in [0.25, 0.3) is 11.1 Å². The van der Waals surface area contributed by atoms with Gasteiger partial charge in [-0.05, 0) is 49.6 Å². The summed E-state index contributed by atoms with van der Waals surface area (Å²) in [4.78, 5) is 20.6. The van der Waals surface area contributed by atoms with E-state index < -0.39 is 32.2 Å². The Balaban J connectivity index is 1.83. The second-order valence-electron chi connectivity index (χ2n) is 8.84. The van der Waals surface area contributed by atoms with Gasteiger partial charge in [0.2, 0.25) is 21.6 Å². The monoisotopic (exact) mass is 549 g/mol. The third-order valence-electron chi connectivity index (χ3n) is 6.47. The number of benzene rings is 2. The van der Waals surface area contributed by atoms with Crippen molar-refractivity contribution in [1.82, 2.24) is 14.5 Å². The lowest BCUT2D eigenvalue weighted by Gasteiger charge is -2.25. The van der Waals surface area contributed by atoms with Crippen LogP contribution in [0.3, 0.4) is 0 Å². The Morgan fingerprint density at radius 1 is 0.974 bits per heavy atom. The summed E-state index contributed by atoms with van der Waals surface area (Å²) in [6.07, 6.45) is 0.505. The van der Waals surface area contributed by atoms with E-state index in [4.69, 9.17) is 9.47 Å². The fraction of sp³-hybridized carbons (Fsp3) is 0.276. The van der Waals surface area contributed by atoms with Gasteiger partial charge in [-0.3, -0.25) is 9.36 Å². The molecule has 4 aromatic rings. The molecule has 0 aliphatic heterocycles. The molecule has 0 saturated carbocycles. The molecule has 0 fully saturated rings. The van der Waals surface area contributed by atoms with Gasteiger partial charge in [0.05, 0.1) is 18.0 Å². The Morgan fingerprint density at radius 2 is 1.67 bits per heavy atom. The summed E-state index contributed by atoms with van der Waals surface area (Å²) in [5, 5.41) is 11.4. The van der Waals surface area contributed by atoms with E-state index in [0.717, 1.165) is 16.7 Å². The molecule has 1 atom stereocenters. The first-order chi connectivity index (χ1) is 18.7. The molecule has 39 heavy (non-hydrogen) atoms. The van der Waals surface area contributed by atoms with Gasteiger partial charge in [0.25, 0.3) is 5.56 Å². The van der Waals surface area contributed by atoms with Gasteiger partial charge in [-0.15, -0.1) is 0 Å². The van der Waals surface area contributed by atoms with Gasteiger partial charge < -0.3 is 14.6 Å². The Labute approximate surface area is 227 Å². The second kappa shape index (κ2) is 11.8. The molecule has 0 spiro atoms. The van der Waals surface area contributed by atoms with Gasteiger partial charge in [0.15, 0.2) is 4.90 Å². The van der Waals surface area contributed by atoms with Crippen LogP contribution >= 0.6 is 0 Å². The quantitative estimate of drug-likeness (QED) is 0.302. The Kier molecular flexibility index (Phi) is 8.47. The Morgan fingerprint density at radius 3 is 2.26 bits per heavy atom. The van der Waals surface area contributed by atoms with Crippen molar-refractivity contribution in [3.63, 3.8) is 0 Å². The molecule has 4 rings (SSSR count). The van der Waals surface area contributed by atoms with E-state index >= 15 is 0 Å². The van der Waals surface area contributed by atoms with Crippen LogP contribution in [-0.4, -0.2) is 41.8 Å². The number of pyridine rings is 1. The normalized spacial score (nSPS) is 12.3. The maximum Gasteiger partial charge on any atom is 0.296 e. The fourth-order valence-electron chi connectivity index (χ4n) is 4.54. The van der Waals surface area contributed by atoms with Crippen LogP contribution in [0.2, 0.25) is 0 Å². The predicted molar refractivity (Wildman–Crippen MR) is 147 cm³/mol. The number of aromatic nitrogens is 3. The third kappa shape index (κ3) is 5.57. The average Bonchev–Trinajstić information content (AvgIpc) is 2.94. The van der Waals surface area contributed by atoms with Crippen LogP contribution in [0.15, 0.2) is 81.3 Å². The van der Waals surface area contributed by atoms with E-state index in [1.165, 1.54) is 23.8 Å². The van der Waals surface area contributed by atoms with Gasteiger partial charge >= 0.3 is 0 Å². The summed E-state index contributed by atoms with van der Waals surface area (Å²) in [6.45, 7) is 5.82. The summed E-state index contributed by atoms with van der Waals surface area (Å²) in [5.41, 5.74) is 2.05. The number of aryl methyl sites for hydroxylation is 1. The summed E-state index contributed by atoms with van der Waals surface area (Å²) in [7, 11) is -2.89. The lowest BCUT2D eigenvalue weighted by molar-refractivity contribution is 0.121. The first-order valence-electron chi connectivity index (χ1n) is 12.6. The van der Waals surface area contributed by atoms with E-state index in [9.17, 15) is 18.3 Å². The first-order valence-corrected chi connectivity index (χ1v) is 14.0. The minimum Gasteiger partial charge on any atom is -0.493 e. The molecular weight excluding hydrogens is 518 g/mol. The van der Waals surface area contributed by atoms with Crippen molar-refractivity contribution < 1.29 is 23.0 Å². The molecule has 2 aromatic carbocycles. The molecule has 0 radical (unpaired) electrons. The van der Waals surface area contributed by atoms with Crippen LogP contribution in [0.5, 0.6) is 11.8 Å². The second-order valence-corrected chi connectivity index (χ2v) is 10.7. The molecule has 0 aliphatic rings. The largest absolute Gasteiger partial charge is 0.493 e. The molecule has 0 aliphatic carbocycles. The van der Waals surface area contributed by atoms with E-state index in [2.05, 4.69) is 9.97 Å². The highest BCUT2D eigenvalue weighted by atomic mass is 32.2. The number of methoxy groups -OCH3 is 1. The zero-order valence-electron chi connectivity index (χ0n) is 22.3. The third-order valence-corrected chi connectivity index (χ3v) is 8.25. The number of aromatic hydroxyl groups is 1. The van der Waals surface area contributed by atoms with Gasteiger partial charge in [-0.1, -0.05) is 49.4 Å². The zero-order chi connectivity index (χ0) is 28.2. The van der Waals surface area contributed by atoms with Crippen molar-refractivity contribution in [1.29, 1.82) is 0 Å².